The maximum Gasteiger partial charge on any atom is 0.311 e. The van der Waals surface area contributed by atoms with E-state index in [0.717, 1.165) is 4.90 Å². The van der Waals surface area contributed by atoms with Gasteiger partial charge in [-0.05, 0) is 25.5 Å². The molecule has 128 valence electrons. The topological polar surface area (TPSA) is 68.3 Å². The second kappa shape index (κ2) is 9.44. The Hall–Kier alpha value is -1.86. The van der Waals surface area contributed by atoms with Crippen LogP contribution in [0.4, 0.5) is 5.13 Å². The van der Waals surface area contributed by atoms with Crippen LogP contribution in [-0.4, -0.2) is 28.7 Å². The molecule has 2 rings (SSSR count). The minimum atomic E-state index is -0.313. The molecular weight excluding hydrogens is 344 g/mol. The van der Waals surface area contributed by atoms with Crippen molar-refractivity contribution in [1.29, 1.82) is 0 Å². The molecule has 0 spiro atoms. The first-order valence-electron chi connectivity index (χ1n) is 7.75. The number of carbonyl (C=O) groups is 2. The Morgan fingerprint density at radius 1 is 1.29 bits per heavy atom. The summed E-state index contributed by atoms with van der Waals surface area (Å²) >= 11 is 2.84. The van der Waals surface area contributed by atoms with E-state index in [1.165, 1.54) is 23.1 Å². The average molecular weight is 364 g/mol. The summed E-state index contributed by atoms with van der Waals surface area (Å²) in [4.78, 5) is 29.2. The lowest BCUT2D eigenvalue weighted by Gasteiger charge is -2.13. The zero-order valence-electron chi connectivity index (χ0n) is 13.7. The smallest absolute Gasteiger partial charge is 0.311 e. The van der Waals surface area contributed by atoms with Crippen molar-refractivity contribution in [3.05, 3.63) is 41.4 Å². The van der Waals surface area contributed by atoms with Crippen LogP contribution in [0.3, 0.4) is 0 Å². The second-order valence-corrected chi connectivity index (χ2v) is 7.08. The van der Waals surface area contributed by atoms with Crippen molar-refractivity contribution in [3.63, 3.8) is 0 Å². The van der Waals surface area contributed by atoms with Gasteiger partial charge in [-0.2, -0.15) is 0 Å². The quantitative estimate of drug-likeness (QED) is 0.571. The molecule has 0 bridgehead atoms. The van der Waals surface area contributed by atoms with Gasteiger partial charge in [0.05, 0.1) is 24.0 Å². The summed E-state index contributed by atoms with van der Waals surface area (Å²) in [6, 6.07) is 9.83. The third-order valence-corrected chi connectivity index (χ3v) is 5.28. The number of nitrogens with zero attached hydrogens (tertiary/aromatic N) is 1. The van der Waals surface area contributed by atoms with E-state index in [-0.39, 0.29) is 23.5 Å². The molecule has 24 heavy (non-hydrogen) atoms. The predicted molar refractivity (Wildman–Crippen MR) is 97.5 cm³/mol. The lowest BCUT2D eigenvalue weighted by atomic mass is 10.3. The van der Waals surface area contributed by atoms with Crippen molar-refractivity contribution in [1.82, 2.24) is 4.98 Å². The lowest BCUT2D eigenvalue weighted by molar-refractivity contribution is -0.142. The van der Waals surface area contributed by atoms with E-state index in [4.69, 9.17) is 4.74 Å². The molecule has 1 N–H and O–H groups in total. The Bertz CT molecular complexity index is 673. The van der Waals surface area contributed by atoms with Crippen molar-refractivity contribution in [2.24, 2.45) is 0 Å². The number of nitrogens with one attached hydrogen (secondary N) is 1. The van der Waals surface area contributed by atoms with Crippen molar-refractivity contribution in [2.75, 3.05) is 11.9 Å². The number of thioether (sulfide) groups is 1. The number of benzene rings is 1. The van der Waals surface area contributed by atoms with Gasteiger partial charge < -0.3 is 10.1 Å². The van der Waals surface area contributed by atoms with Crippen molar-refractivity contribution in [3.8, 4) is 0 Å². The van der Waals surface area contributed by atoms with Crippen LogP contribution in [0.5, 0.6) is 0 Å². The number of rotatable bonds is 8. The zero-order valence-corrected chi connectivity index (χ0v) is 15.3. The van der Waals surface area contributed by atoms with E-state index in [1.807, 2.05) is 37.3 Å². The standard InChI is InChI=1S/C17H20N2O3S2/c1-3-14(24-13-8-6-5-7-9-13)16(21)19-17-18-12(11-23-17)10-15(20)22-4-2/h5-9,11,14H,3-4,10H2,1-2H3,(H,18,19,21). The number of esters is 1. The summed E-state index contributed by atoms with van der Waals surface area (Å²) in [7, 11) is 0. The van der Waals surface area contributed by atoms with Crippen molar-refractivity contribution < 1.29 is 14.3 Å². The largest absolute Gasteiger partial charge is 0.466 e. The van der Waals surface area contributed by atoms with Crippen LogP contribution in [-0.2, 0) is 20.7 Å². The fraction of sp³-hybridized carbons (Fsp3) is 0.353. The van der Waals surface area contributed by atoms with Gasteiger partial charge in [0.15, 0.2) is 5.13 Å². The third kappa shape index (κ3) is 5.65. The fourth-order valence-corrected chi connectivity index (χ4v) is 3.67. The highest BCUT2D eigenvalue weighted by molar-refractivity contribution is 8.00. The molecule has 1 aromatic carbocycles. The Kier molecular flexibility index (Phi) is 7.27. The number of amides is 1. The summed E-state index contributed by atoms with van der Waals surface area (Å²) < 4.78 is 4.89. The first-order chi connectivity index (χ1) is 11.6. The van der Waals surface area contributed by atoms with Crippen LogP contribution >= 0.6 is 23.1 Å². The van der Waals surface area contributed by atoms with Crippen LogP contribution in [0, 0.1) is 0 Å². The first kappa shape index (κ1) is 18.5. The SMILES string of the molecule is CCOC(=O)Cc1csc(NC(=O)C(CC)Sc2ccccc2)n1. The molecule has 0 saturated heterocycles. The third-order valence-electron chi connectivity index (χ3n) is 3.10. The predicted octanol–water partition coefficient (Wildman–Crippen LogP) is 3.76. The summed E-state index contributed by atoms with van der Waals surface area (Å²) in [5.74, 6) is -0.393. The highest BCUT2D eigenvalue weighted by Crippen LogP contribution is 2.26. The molecule has 1 unspecified atom stereocenters. The average Bonchev–Trinajstić information content (AvgIpc) is 3.00. The number of hydrogen-bond donors (Lipinski definition) is 1. The molecule has 0 saturated carbocycles. The fourth-order valence-electron chi connectivity index (χ4n) is 1.98. The summed E-state index contributed by atoms with van der Waals surface area (Å²) in [6.07, 6.45) is 0.836. The molecule has 0 aliphatic carbocycles. The van der Waals surface area contributed by atoms with Gasteiger partial charge in [0, 0.05) is 10.3 Å². The number of ether oxygens (including phenoxy) is 1. The monoisotopic (exact) mass is 364 g/mol. The second-order valence-electron chi connectivity index (χ2n) is 4.94. The molecule has 2 aromatic rings. The molecule has 5 nitrogen and oxygen atoms in total. The van der Waals surface area contributed by atoms with E-state index >= 15 is 0 Å². The summed E-state index contributed by atoms with van der Waals surface area (Å²) in [6.45, 7) is 4.09. The van der Waals surface area contributed by atoms with Crippen molar-refractivity contribution >= 4 is 40.1 Å². The van der Waals surface area contributed by atoms with E-state index < -0.39 is 0 Å². The maximum atomic E-state index is 12.4. The minimum Gasteiger partial charge on any atom is -0.466 e. The van der Waals surface area contributed by atoms with Gasteiger partial charge in [-0.15, -0.1) is 23.1 Å². The normalized spacial score (nSPS) is 11.8. The van der Waals surface area contributed by atoms with Gasteiger partial charge in [-0.3, -0.25) is 9.59 Å². The summed E-state index contributed by atoms with van der Waals surface area (Å²) in [5.41, 5.74) is 0.609. The zero-order chi connectivity index (χ0) is 17.4. The van der Waals surface area contributed by atoms with Gasteiger partial charge in [-0.25, -0.2) is 4.98 Å². The van der Waals surface area contributed by atoms with Crippen molar-refractivity contribution in [2.45, 2.75) is 36.8 Å². The van der Waals surface area contributed by atoms with Crippen LogP contribution in [0.2, 0.25) is 0 Å². The van der Waals surface area contributed by atoms with E-state index in [9.17, 15) is 9.59 Å². The van der Waals surface area contributed by atoms with E-state index in [0.29, 0.717) is 23.9 Å². The molecular formula is C17H20N2O3S2. The molecule has 0 aliphatic heterocycles. The van der Waals surface area contributed by atoms with E-state index in [2.05, 4.69) is 10.3 Å². The number of hydrogen-bond acceptors (Lipinski definition) is 6. The number of aromatic nitrogens is 1. The van der Waals surface area contributed by atoms with Gasteiger partial charge in [-0.1, -0.05) is 25.1 Å². The van der Waals surface area contributed by atoms with Gasteiger partial charge in [0.2, 0.25) is 5.91 Å². The van der Waals surface area contributed by atoms with Gasteiger partial charge >= 0.3 is 5.97 Å². The molecule has 1 aromatic heterocycles. The highest BCUT2D eigenvalue weighted by Gasteiger charge is 2.19. The molecule has 0 radical (unpaired) electrons. The van der Waals surface area contributed by atoms with Crippen LogP contribution < -0.4 is 5.32 Å². The van der Waals surface area contributed by atoms with Gasteiger partial charge in [0.25, 0.3) is 0 Å². The van der Waals surface area contributed by atoms with Crippen LogP contribution in [0.1, 0.15) is 26.0 Å². The first-order valence-corrected chi connectivity index (χ1v) is 9.50. The minimum absolute atomic E-state index is 0.0802. The number of anilines is 1. The molecule has 1 heterocycles. The van der Waals surface area contributed by atoms with Crippen LogP contribution in [0.25, 0.3) is 0 Å². The maximum absolute atomic E-state index is 12.4. The molecule has 0 fully saturated rings. The Labute approximate surface area is 149 Å². The lowest BCUT2D eigenvalue weighted by Crippen LogP contribution is -2.24. The number of carbonyl (C=O) groups excluding carboxylic acids is 2. The molecule has 1 amide bonds. The Balaban J connectivity index is 1.93. The molecule has 1 atom stereocenters. The Morgan fingerprint density at radius 2 is 2.04 bits per heavy atom. The van der Waals surface area contributed by atoms with Gasteiger partial charge in [0.1, 0.15) is 0 Å². The number of thiazole rings is 1. The Morgan fingerprint density at radius 3 is 2.71 bits per heavy atom. The van der Waals surface area contributed by atoms with E-state index in [1.54, 1.807) is 12.3 Å². The highest BCUT2D eigenvalue weighted by atomic mass is 32.2. The van der Waals surface area contributed by atoms with Crippen LogP contribution in [0.15, 0.2) is 40.6 Å². The molecule has 0 aliphatic rings. The summed E-state index contributed by atoms with van der Waals surface area (Å²) in [5, 5.41) is 4.91. The molecule has 7 heteroatoms.